The molecule has 0 spiro atoms. The molecule has 0 saturated carbocycles. The zero-order chi connectivity index (χ0) is 11.5. The fourth-order valence-corrected chi connectivity index (χ4v) is 1.82. The molecule has 0 amide bonds. The van der Waals surface area contributed by atoms with E-state index in [0.717, 1.165) is 0 Å². The third kappa shape index (κ3) is 2.11. The molecule has 2 rings (SSSR count). The molecular weight excluding hydrogens is 210 g/mol. The maximum atomic E-state index is 10.9. The second-order valence-electron chi connectivity index (χ2n) is 3.75. The Hall–Kier alpha value is -1.69. The van der Waals surface area contributed by atoms with Gasteiger partial charge in [0.05, 0.1) is 17.6 Å². The van der Waals surface area contributed by atoms with E-state index in [1.807, 2.05) is 11.8 Å². The van der Waals surface area contributed by atoms with E-state index in [9.17, 15) is 10.1 Å². The molecule has 1 atom stereocenters. The van der Waals surface area contributed by atoms with Gasteiger partial charge in [-0.3, -0.25) is 15.1 Å². The van der Waals surface area contributed by atoms with E-state index in [4.69, 9.17) is 4.74 Å². The Morgan fingerprint density at radius 3 is 3.19 bits per heavy atom. The molecule has 0 aromatic carbocycles. The van der Waals surface area contributed by atoms with Crippen LogP contribution in [0.2, 0.25) is 0 Å². The molecule has 1 aromatic rings. The van der Waals surface area contributed by atoms with Gasteiger partial charge in [-0.2, -0.15) is 0 Å². The predicted octanol–water partition coefficient (Wildman–Crippen LogP) is 1.21. The summed E-state index contributed by atoms with van der Waals surface area (Å²) in [6, 6.07) is 1.68. The number of pyridine rings is 1. The van der Waals surface area contributed by atoms with E-state index in [2.05, 4.69) is 4.98 Å². The number of hydrogen-bond donors (Lipinski definition) is 0. The van der Waals surface area contributed by atoms with Crippen LogP contribution in [-0.2, 0) is 4.74 Å². The minimum atomic E-state index is -0.400. The van der Waals surface area contributed by atoms with Gasteiger partial charge in [0, 0.05) is 19.3 Å². The Balaban J connectivity index is 2.28. The van der Waals surface area contributed by atoms with E-state index in [1.54, 1.807) is 12.3 Å². The lowest BCUT2D eigenvalue weighted by Gasteiger charge is -2.32. The first-order valence-electron chi connectivity index (χ1n) is 5.13. The van der Waals surface area contributed by atoms with Crippen molar-refractivity contribution in [3.8, 4) is 0 Å². The van der Waals surface area contributed by atoms with Crippen LogP contribution < -0.4 is 4.90 Å². The molecule has 1 saturated heterocycles. The van der Waals surface area contributed by atoms with Gasteiger partial charge in [0.2, 0.25) is 0 Å². The van der Waals surface area contributed by atoms with Crippen LogP contribution in [0.25, 0.3) is 0 Å². The molecule has 6 heteroatoms. The van der Waals surface area contributed by atoms with Crippen LogP contribution in [0.3, 0.4) is 0 Å². The number of nitrogens with zero attached hydrogens (tertiary/aromatic N) is 3. The van der Waals surface area contributed by atoms with E-state index in [-0.39, 0.29) is 11.8 Å². The van der Waals surface area contributed by atoms with Gasteiger partial charge in [-0.25, -0.2) is 0 Å². The number of anilines is 1. The van der Waals surface area contributed by atoms with Crippen LogP contribution in [0.4, 0.5) is 11.4 Å². The summed E-state index contributed by atoms with van der Waals surface area (Å²) in [6.07, 6.45) is 2.96. The van der Waals surface area contributed by atoms with Crippen molar-refractivity contribution in [1.29, 1.82) is 0 Å². The van der Waals surface area contributed by atoms with Gasteiger partial charge in [0.1, 0.15) is 11.9 Å². The van der Waals surface area contributed by atoms with Crippen molar-refractivity contribution in [2.45, 2.75) is 13.0 Å². The van der Waals surface area contributed by atoms with Crippen molar-refractivity contribution >= 4 is 11.4 Å². The summed E-state index contributed by atoms with van der Waals surface area (Å²) in [5.74, 6) is 0. The summed E-state index contributed by atoms with van der Waals surface area (Å²) in [4.78, 5) is 16.2. The van der Waals surface area contributed by atoms with E-state index < -0.39 is 4.92 Å². The quantitative estimate of drug-likeness (QED) is 0.557. The largest absolute Gasteiger partial charge is 0.375 e. The van der Waals surface area contributed by atoms with Crippen LogP contribution in [0, 0.1) is 10.1 Å². The maximum absolute atomic E-state index is 10.9. The summed E-state index contributed by atoms with van der Waals surface area (Å²) in [5, 5.41) is 10.9. The highest BCUT2D eigenvalue weighted by Gasteiger charge is 2.23. The lowest BCUT2D eigenvalue weighted by molar-refractivity contribution is -0.384. The molecule has 1 unspecified atom stereocenters. The molecule has 86 valence electrons. The highest BCUT2D eigenvalue weighted by atomic mass is 16.6. The highest BCUT2D eigenvalue weighted by molar-refractivity contribution is 5.61. The van der Waals surface area contributed by atoms with Gasteiger partial charge >= 0.3 is 5.69 Å². The molecule has 1 aliphatic rings. The van der Waals surface area contributed by atoms with Gasteiger partial charge in [-0.1, -0.05) is 0 Å². The molecule has 1 aliphatic heterocycles. The van der Waals surface area contributed by atoms with Crippen molar-refractivity contribution < 1.29 is 9.66 Å². The Morgan fingerprint density at radius 2 is 2.50 bits per heavy atom. The fraction of sp³-hybridized carbons (Fsp3) is 0.500. The smallest absolute Gasteiger partial charge is 0.310 e. The van der Waals surface area contributed by atoms with Gasteiger partial charge in [0.25, 0.3) is 0 Å². The lowest BCUT2D eigenvalue weighted by atomic mass is 10.2. The van der Waals surface area contributed by atoms with Crippen molar-refractivity contribution in [2.75, 3.05) is 24.6 Å². The number of morpholine rings is 1. The second-order valence-corrected chi connectivity index (χ2v) is 3.75. The zero-order valence-corrected chi connectivity index (χ0v) is 9.00. The summed E-state index contributed by atoms with van der Waals surface area (Å²) in [6.45, 7) is 3.90. The number of hydrogen-bond acceptors (Lipinski definition) is 5. The molecule has 0 N–H and O–H groups in total. The summed E-state index contributed by atoms with van der Waals surface area (Å²) < 4.78 is 5.40. The molecule has 1 fully saturated rings. The van der Waals surface area contributed by atoms with Crippen molar-refractivity contribution in [3.63, 3.8) is 0 Å². The number of aromatic nitrogens is 1. The van der Waals surface area contributed by atoms with Crippen LogP contribution in [0.5, 0.6) is 0 Å². The Labute approximate surface area is 93.0 Å². The van der Waals surface area contributed by atoms with Crippen LogP contribution in [0.15, 0.2) is 18.5 Å². The van der Waals surface area contributed by atoms with Crippen LogP contribution in [0.1, 0.15) is 6.92 Å². The minimum absolute atomic E-state index is 0.0524. The molecule has 0 radical (unpaired) electrons. The lowest BCUT2D eigenvalue weighted by Crippen LogP contribution is -2.41. The van der Waals surface area contributed by atoms with Gasteiger partial charge in [0.15, 0.2) is 0 Å². The van der Waals surface area contributed by atoms with E-state index in [1.165, 1.54) is 6.20 Å². The monoisotopic (exact) mass is 223 g/mol. The summed E-state index contributed by atoms with van der Waals surface area (Å²) >= 11 is 0. The minimum Gasteiger partial charge on any atom is -0.375 e. The highest BCUT2D eigenvalue weighted by Crippen LogP contribution is 2.27. The third-order valence-electron chi connectivity index (χ3n) is 2.56. The summed E-state index contributed by atoms with van der Waals surface area (Å²) in [7, 11) is 0. The third-order valence-corrected chi connectivity index (χ3v) is 2.56. The summed E-state index contributed by atoms with van der Waals surface area (Å²) in [5.41, 5.74) is 0.673. The molecule has 0 aliphatic carbocycles. The first-order chi connectivity index (χ1) is 7.68. The Morgan fingerprint density at radius 1 is 1.69 bits per heavy atom. The zero-order valence-electron chi connectivity index (χ0n) is 9.00. The molecule has 6 nitrogen and oxygen atoms in total. The van der Waals surface area contributed by atoms with Gasteiger partial charge in [-0.15, -0.1) is 0 Å². The molecule has 16 heavy (non-hydrogen) atoms. The van der Waals surface area contributed by atoms with Crippen molar-refractivity contribution in [1.82, 2.24) is 4.98 Å². The van der Waals surface area contributed by atoms with Crippen molar-refractivity contribution in [3.05, 3.63) is 28.6 Å². The molecule has 2 heterocycles. The van der Waals surface area contributed by atoms with E-state index in [0.29, 0.717) is 25.4 Å². The topological polar surface area (TPSA) is 68.5 Å². The number of nitro groups is 1. The predicted molar refractivity (Wildman–Crippen MR) is 58.5 cm³/mol. The van der Waals surface area contributed by atoms with Gasteiger partial charge < -0.3 is 9.64 Å². The van der Waals surface area contributed by atoms with Crippen molar-refractivity contribution in [2.24, 2.45) is 0 Å². The average molecular weight is 223 g/mol. The first kappa shape index (κ1) is 10.8. The molecular formula is C10H13N3O3. The Kier molecular flexibility index (Phi) is 3.00. The van der Waals surface area contributed by atoms with Crippen LogP contribution >= 0.6 is 0 Å². The van der Waals surface area contributed by atoms with Crippen LogP contribution in [-0.4, -0.2) is 35.7 Å². The normalized spacial score (nSPS) is 20.8. The number of rotatable bonds is 2. The first-order valence-corrected chi connectivity index (χ1v) is 5.13. The standard InChI is InChI=1S/C10H13N3O3/c1-8-7-12(4-5-16-8)9-2-3-11-6-10(9)13(14)15/h2-3,6,8H,4-5,7H2,1H3. The second kappa shape index (κ2) is 4.44. The molecule has 0 bridgehead atoms. The maximum Gasteiger partial charge on any atom is 0.310 e. The Bertz CT molecular complexity index is 397. The van der Waals surface area contributed by atoms with Gasteiger partial charge in [-0.05, 0) is 13.0 Å². The average Bonchev–Trinajstić information content (AvgIpc) is 2.29. The fourth-order valence-electron chi connectivity index (χ4n) is 1.82. The van der Waals surface area contributed by atoms with E-state index >= 15 is 0 Å². The number of ether oxygens (including phenoxy) is 1. The molecule has 1 aromatic heterocycles. The SMILES string of the molecule is CC1CN(c2ccncc2[N+](=O)[O-])CCO1.